The quantitative estimate of drug-likeness (QED) is 0.0245. The molecule has 3 heterocycles. The average molecular weight is 931 g/mol. The third-order valence-electron chi connectivity index (χ3n) is 11.0. The third kappa shape index (κ3) is 17.4. The Balaban J connectivity index is 1.16. The predicted octanol–water partition coefficient (Wildman–Crippen LogP) is 3.81. The number of ether oxygens (including phenoxy) is 4. The molecule has 1 aromatic carbocycles. The van der Waals surface area contributed by atoms with Gasteiger partial charge in [0.2, 0.25) is 29.5 Å². The zero-order chi connectivity index (χ0) is 45.2. The minimum absolute atomic E-state index is 0.0483. The van der Waals surface area contributed by atoms with Crippen LogP contribution in [0.3, 0.4) is 0 Å². The number of hydrogen-bond donors (Lipinski definition) is 6. The summed E-state index contributed by atoms with van der Waals surface area (Å²) < 4.78 is 23.3. The number of aliphatic hydroxyl groups is 1. The molecule has 3 aliphatic rings. The van der Waals surface area contributed by atoms with Gasteiger partial charge in [-0.1, -0.05) is 65.2 Å². The number of esters is 1. The summed E-state index contributed by atoms with van der Waals surface area (Å²) in [5, 5.41) is 25.4. The highest BCUT2D eigenvalue weighted by atomic mass is 79.9. The van der Waals surface area contributed by atoms with E-state index in [1.54, 1.807) is 31.2 Å². The number of alkyl halides is 1. The van der Waals surface area contributed by atoms with Crippen molar-refractivity contribution < 1.29 is 52.8 Å². The zero-order valence-corrected chi connectivity index (χ0v) is 38.0. The number of allylic oxidation sites excluding steroid dienone is 2. The van der Waals surface area contributed by atoms with Crippen molar-refractivity contribution in [2.75, 3.05) is 30.3 Å². The molecule has 0 bridgehead atoms. The van der Waals surface area contributed by atoms with Crippen molar-refractivity contribution in [2.24, 2.45) is 5.92 Å². The van der Waals surface area contributed by atoms with Crippen molar-refractivity contribution in [2.45, 2.75) is 141 Å². The maximum Gasteiger partial charge on any atom is 0.303 e. The minimum Gasteiger partial charge on any atom is -0.459 e. The van der Waals surface area contributed by atoms with Crippen LogP contribution in [0, 0.1) is 5.92 Å². The van der Waals surface area contributed by atoms with Crippen LogP contribution in [0.5, 0.6) is 0 Å². The lowest BCUT2D eigenvalue weighted by molar-refractivity contribution is -0.145. The van der Waals surface area contributed by atoms with E-state index in [1.807, 2.05) is 26.0 Å². The average Bonchev–Trinajstić information content (AvgIpc) is 4.01. The first-order chi connectivity index (χ1) is 29.5. The van der Waals surface area contributed by atoms with E-state index < -0.39 is 36.0 Å². The first-order valence-corrected chi connectivity index (χ1v) is 22.6. The maximum absolute atomic E-state index is 13.0. The Labute approximate surface area is 372 Å². The Morgan fingerprint density at radius 3 is 2.39 bits per heavy atom. The van der Waals surface area contributed by atoms with E-state index in [0.717, 1.165) is 30.4 Å². The van der Waals surface area contributed by atoms with Gasteiger partial charge in [0.1, 0.15) is 23.9 Å². The summed E-state index contributed by atoms with van der Waals surface area (Å²) in [5.74, 6) is -1.36. The van der Waals surface area contributed by atoms with Gasteiger partial charge in [-0.25, -0.2) is 0 Å². The third-order valence-corrected chi connectivity index (χ3v) is 11.5. The smallest absolute Gasteiger partial charge is 0.303 e. The van der Waals surface area contributed by atoms with Crippen LogP contribution in [0.15, 0.2) is 60.2 Å². The summed E-state index contributed by atoms with van der Waals surface area (Å²) >= 11 is 3.09. The van der Waals surface area contributed by atoms with Crippen LogP contribution in [0.1, 0.15) is 91.5 Å². The topological polar surface area (TPSA) is 223 Å². The Morgan fingerprint density at radius 2 is 1.69 bits per heavy atom. The lowest BCUT2D eigenvalue weighted by Gasteiger charge is -2.39. The van der Waals surface area contributed by atoms with E-state index in [-0.39, 0.29) is 78.5 Å². The first-order valence-electron chi connectivity index (χ1n) is 21.4. The fourth-order valence-electron chi connectivity index (χ4n) is 7.41. The summed E-state index contributed by atoms with van der Waals surface area (Å²) in [6.07, 6.45) is 10.4. The Hall–Kier alpha value is -4.42. The molecule has 16 nitrogen and oxygen atoms in total. The number of benzene rings is 1. The normalized spacial score (nSPS) is 26.4. The number of epoxide rings is 1. The number of anilines is 1. The molecule has 0 radical (unpaired) electrons. The van der Waals surface area contributed by atoms with Gasteiger partial charge in [-0.3, -0.25) is 28.8 Å². The number of carbonyl (C=O) groups excluding carboxylic acids is 6. The molecule has 4 rings (SSSR count). The van der Waals surface area contributed by atoms with E-state index in [2.05, 4.69) is 55.5 Å². The molecule has 342 valence electrons. The molecule has 0 aromatic heterocycles. The molecule has 3 fully saturated rings. The highest BCUT2D eigenvalue weighted by molar-refractivity contribution is 9.09. The summed E-state index contributed by atoms with van der Waals surface area (Å²) in [6, 6.07) is 6.87. The van der Waals surface area contributed by atoms with Gasteiger partial charge < -0.3 is 50.6 Å². The van der Waals surface area contributed by atoms with Gasteiger partial charge >= 0.3 is 5.97 Å². The van der Waals surface area contributed by atoms with Crippen LogP contribution in [0.4, 0.5) is 5.69 Å². The monoisotopic (exact) mass is 929 g/mol. The van der Waals surface area contributed by atoms with Gasteiger partial charge in [0.05, 0.1) is 49.3 Å². The maximum atomic E-state index is 13.0. The van der Waals surface area contributed by atoms with Crippen LogP contribution in [-0.2, 0) is 54.3 Å². The van der Waals surface area contributed by atoms with Crippen molar-refractivity contribution in [3.8, 4) is 0 Å². The molecular formula is C45H64BrN5O11. The van der Waals surface area contributed by atoms with E-state index >= 15 is 0 Å². The van der Waals surface area contributed by atoms with E-state index in [4.69, 9.17) is 18.9 Å². The molecule has 6 N–H and O–H groups in total. The van der Waals surface area contributed by atoms with Gasteiger partial charge in [-0.15, -0.1) is 0 Å². The number of amides is 5. The molecule has 3 aliphatic heterocycles. The van der Waals surface area contributed by atoms with Crippen LogP contribution >= 0.6 is 15.9 Å². The second-order valence-corrected chi connectivity index (χ2v) is 17.0. The molecule has 0 aliphatic carbocycles. The number of nitrogens with one attached hydrogen (secondary N) is 5. The Kier molecular flexibility index (Phi) is 20.3. The number of rotatable bonds is 22. The molecule has 17 heteroatoms. The van der Waals surface area contributed by atoms with Gasteiger partial charge in [-0.2, -0.15) is 0 Å². The number of halogens is 1. The van der Waals surface area contributed by atoms with E-state index in [0.29, 0.717) is 44.5 Å². The Bertz CT molecular complexity index is 1780. The molecule has 5 amide bonds. The minimum atomic E-state index is -0.878. The fraction of sp³-hybridized carbons (Fsp3) is 0.600. The highest BCUT2D eigenvalue weighted by Crippen LogP contribution is 2.43. The van der Waals surface area contributed by atoms with Crippen molar-refractivity contribution in [3.05, 3.63) is 65.8 Å². The van der Waals surface area contributed by atoms with E-state index in [9.17, 15) is 33.9 Å². The number of hydrogen-bond acceptors (Lipinski definition) is 11. The van der Waals surface area contributed by atoms with Crippen molar-refractivity contribution in [3.63, 3.8) is 0 Å². The van der Waals surface area contributed by atoms with Crippen molar-refractivity contribution in [1.29, 1.82) is 0 Å². The molecule has 4 unspecified atom stereocenters. The fourth-order valence-corrected chi connectivity index (χ4v) is 7.61. The van der Waals surface area contributed by atoms with Crippen molar-refractivity contribution in [1.82, 2.24) is 21.3 Å². The summed E-state index contributed by atoms with van der Waals surface area (Å²) in [7, 11) is 0. The van der Waals surface area contributed by atoms with Crippen LogP contribution in [-0.4, -0.2) is 114 Å². The van der Waals surface area contributed by atoms with Gasteiger partial charge in [0, 0.05) is 44.6 Å². The largest absolute Gasteiger partial charge is 0.459 e. The molecule has 1 spiro atoms. The van der Waals surface area contributed by atoms with Crippen LogP contribution < -0.4 is 26.6 Å². The standard InChI is InChI=1S/C45H64BrN5O11/c1-28(10-17-37-29(2)21-36(31(4)61-37)51-40(54)19-12-30(3)60-32(5)52)11-18-38-44(58)45(27-59-45)23-35(62-38)22-41(55)48-25-33-13-15-34(16-14-33)50-43(57)26-49-39(53)9-7-6-8-20-47-42(56)24-46/h10-16,18-19,29-31,35-38,44,58H,6-9,17,20-27H2,1-5H3,(H,47,56)(H,48,55)(H,49,53)(H,50,57)(H,51,54)/b18-11+,19-12-,28-10+/t29-,30?,31?,35+,36?,37-,38+,44+,45?/m0/s1. The number of aliphatic hydroxyl groups excluding tert-OH is 1. The molecule has 9 atom stereocenters. The van der Waals surface area contributed by atoms with Gasteiger partial charge in [0.25, 0.3) is 0 Å². The molecule has 0 saturated carbocycles. The number of carbonyl (C=O) groups is 6. The highest BCUT2D eigenvalue weighted by Gasteiger charge is 2.58. The van der Waals surface area contributed by atoms with Crippen LogP contribution in [0.2, 0.25) is 0 Å². The first kappa shape index (κ1) is 50.2. The van der Waals surface area contributed by atoms with Crippen molar-refractivity contribution >= 4 is 57.1 Å². The number of unbranched alkanes of at least 4 members (excludes halogenated alkanes) is 2. The summed E-state index contributed by atoms with van der Waals surface area (Å²) in [6.45, 7) is 10.1. The summed E-state index contributed by atoms with van der Waals surface area (Å²) in [5.41, 5.74) is 1.60. The zero-order valence-electron chi connectivity index (χ0n) is 36.4. The Morgan fingerprint density at radius 1 is 0.952 bits per heavy atom. The van der Waals surface area contributed by atoms with Crippen LogP contribution in [0.25, 0.3) is 0 Å². The molecular weight excluding hydrogens is 866 g/mol. The SMILES string of the molecule is CC(=O)OC(C)/C=C\C(=O)NC1C[C@H](C)[C@H](C/C=C(C)/C=C/[C@H]2O[C@H](CC(=O)NCc3ccc(NC(=O)CNC(=O)CCCCCNC(=O)CBr)cc3)CC3(CO3)[C@@H]2O)OC1C. The molecule has 62 heavy (non-hydrogen) atoms. The second-order valence-electron chi connectivity index (χ2n) is 16.4. The lowest BCUT2D eigenvalue weighted by atomic mass is 9.87. The lowest BCUT2D eigenvalue weighted by Crippen LogP contribution is -2.50. The second kappa shape index (κ2) is 25.0. The van der Waals surface area contributed by atoms with E-state index in [1.165, 1.54) is 19.1 Å². The van der Waals surface area contributed by atoms with Gasteiger partial charge in [-0.05, 0) is 76.1 Å². The predicted molar refractivity (Wildman–Crippen MR) is 236 cm³/mol. The molecule has 1 aromatic rings. The summed E-state index contributed by atoms with van der Waals surface area (Å²) in [4.78, 5) is 72.3. The molecule has 3 saturated heterocycles. The van der Waals surface area contributed by atoms with Gasteiger partial charge in [0.15, 0.2) is 0 Å².